The molecule has 10 heavy (non-hydrogen) atoms. The van der Waals surface area contributed by atoms with Crippen LogP contribution < -0.4 is 0 Å². The van der Waals surface area contributed by atoms with Gasteiger partial charge in [0.25, 0.3) is 0 Å². The topological polar surface area (TPSA) is 9.23 Å². The van der Waals surface area contributed by atoms with Gasteiger partial charge in [-0.25, -0.2) is 0 Å². The summed E-state index contributed by atoms with van der Waals surface area (Å²) in [5.41, 5.74) is 0.0150. The van der Waals surface area contributed by atoms with Crippen LogP contribution in [-0.2, 0) is 4.74 Å². The van der Waals surface area contributed by atoms with Gasteiger partial charge in [-0.3, -0.25) is 0 Å². The molecule has 1 aliphatic heterocycles. The van der Waals surface area contributed by atoms with Crippen LogP contribution in [0.4, 0.5) is 0 Å². The first-order valence-electron chi connectivity index (χ1n) is 3.86. The first-order chi connectivity index (χ1) is 4.56. The zero-order chi connectivity index (χ0) is 7.78. The smallest absolute Gasteiger partial charge is 0.0693 e. The molecule has 1 aliphatic rings. The monoisotopic (exact) mass is 140 g/mol. The van der Waals surface area contributed by atoms with E-state index in [1.54, 1.807) is 0 Å². The van der Waals surface area contributed by atoms with E-state index in [-0.39, 0.29) is 5.60 Å². The molecule has 0 N–H and O–H groups in total. The fourth-order valence-corrected chi connectivity index (χ4v) is 1.68. The van der Waals surface area contributed by atoms with Crippen molar-refractivity contribution in [3.05, 3.63) is 12.7 Å². The first kappa shape index (κ1) is 7.80. The largest absolute Gasteiger partial charge is 0.372 e. The summed E-state index contributed by atoms with van der Waals surface area (Å²) in [4.78, 5) is 0. The molecular formula is C9H16O. The van der Waals surface area contributed by atoms with Gasteiger partial charge in [0.1, 0.15) is 0 Å². The highest BCUT2D eigenvalue weighted by Gasteiger charge is 2.37. The molecule has 1 heteroatoms. The highest BCUT2D eigenvalue weighted by molar-refractivity contribution is 4.97. The van der Waals surface area contributed by atoms with Crippen LogP contribution in [0.2, 0.25) is 0 Å². The van der Waals surface area contributed by atoms with Crippen molar-refractivity contribution < 1.29 is 4.74 Å². The second kappa shape index (κ2) is 2.39. The van der Waals surface area contributed by atoms with Gasteiger partial charge in [0.15, 0.2) is 0 Å². The zero-order valence-corrected chi connectivity index (χ0v) is 7.05. The lowest BCUT2D eigenvalue weighted by Crippen LogP contribution is -2.25. The first-order valence-corrected chi connectivity index (χ1v) is 3.86. The molecule has 0 aromatic heterocycles. The van der Waals surface area contributed by atoms with Crippen molar-refractivity contribution in [2.45, 2.75) is 38.9 Å². The van der Waals surface area contributed by atoms with Crippen LogP contribution in [-0.4, -0.2) is 11.7 Å². The molecule has 2 unspecified atom stereocenters. The van der Waals surface area contributed by atoms with Crippen LogP contribution in [0.15, 0.2) is 12.7 Å². The summed E-state index contributed by atoms with van der Waals surface area (Å²) in [5.74, 6) is 0.530. The minimum atomic E-state index is 0.0150. The van der Waals surface area contributed by atoms with E-state index in [0.29, 0.717) is 12.0 Å². The maximum Gasteiger partial charge on any atom is 0.0693 e. The molecule has 1 nitrogen and oxygen atoms in total. The van der Waals surface area contributed by atoms with Crippen LogP contribution in [0.3, 0.4) is 0 Å². The van der Waals surface area contributed by atoms with Crippen molar-refractivity contribution in [3.8, 4) is 0 Å². The average Bonchev–Trinajstić information content (AvgIpc) is 2.04. The number of hydrogen-bond acceptors (Lipinski definition) is 1. The van der Waals surface area contributed by atoms with Crippen molar-refractivity contribution in [1.29, 1.82) is 0 Å². The minimum Gasteiger partial charge on any atom is -0.372 e. The quantitative estimate of drug-likeness (QED) is 0.508. The molecule has 58 valence electrons. The molecule has 0 aromatic rings. The van der Waals surface area contributed by atoms with E-state index in [1.165, 1.54) is 0 Å². The van der Waals surface area contributed by atoms with Crippen LogP contribution >= 0.6 is 0 Å². The second-order valence-electron chi connectivity index (χ2n) is 3.61. The standard InChI is InChI=1S/C9H16O/c1-5-8-6-7(2)10-9(8,3)4/h5,7-8H,1,6H2,2-4H3. The molecule has 0 saturated carbocycles. The van der Waals surface area contributed by atoms with E-state index >= 15 is 0 Å². The second-order valence-corrected chi connectivity index (χ2v) is 3.61. The van der Waals surface area contributed by atoms with Crippen LogP contribution in [0.5, 0.6) is 0 Å². The van der Waals surface area contributed by atoms with Crippen LogP contribution in [0.25, 0.3) is 0 Å². The third kappa shape index (κ3) is 1.24. The lowest BCUT2D eigenvalue weighted by molar-refractivity contribution is -0.0174. The van der Waals surface area contributed by atoms with Crippen molar-refractivity contribution in [2.75, 3.05) is 0 Å². The summed E-state index contributed by atoms with van der Waals surface area (Å²) in [6.07, 6.45) is 3.53. The number of ether oxygens (including phenoxy) is 1. The van der Waals surface area contributed by atoms with Gasteiger partial charge in [0.05, 0.1) is 11.7 Å². The fraction of sp³-hybridized carbons (Fsp3) is 0.778. The van der Waals surface area contributed by atoms with Gasteiger partial charge in [-0.15, -0.1) is 6.58 Å². The average molecular weight is 140 g/mol. The van der Waals surface area contributed by atoms with E-state index in [4.69, 9.17) is 4.74 Å². The molecule has 0 amide bonds. The van der Waals surface area contributed by atoms with Gasteiger partial charge < -0.3 is 4.74 Å². The molecule has 2 atom stereocenters. The summed E-state index contributed by atoms with van der Waals surface area (Å²) in [6, 6.07) is 0. The van der Waals surface area contributed by atoms with Crippen molar-refractivity contribution in [2.24, 2.45) is 5.92 Å². The highest BCUT2D eigenvalue weighted by atomic mass is 16.5. The normalized spacial score (nSPS) is 37.9. The van der Waals surface area contributed by atoms with Crippen LogP contribution in [0, 0.1) is 5.92 Å². The van der Waals surface area contributed by atoms with Gasteiger partial charge >= 0.3 is 0 Å². The predicted octanol–water partition coefficient (Wildman–Crippen LogP) is 2.38. The zero-order valence-electron chi connectivity index (χ0n) is 7.05. The van der Waals surface area contributed by atoms with Crippen LogP contribution in [0.1, 0.15) is 27.2 Å². The van der Waals surface area contributed by atoms with Crippen molar-refractivity contribution in [3.63, 3.8) is 0 Å². The summed E-state index contributed by atoms with van der Waals surface area (Å²) >= 11 is 0. The van der Waals surface area contributed by atoms with Gasteiger partial charge in [-0.1, -0.05) is 6.08 Å². The van der Waals surface area contributed by atoms with E-state index < -0.39 is 0 Å². The minimum absolute atomic E-state index is 0.0150. The maximum atomic E-state index is 5.68. The Morgan fingerprint density at radius 3 is 2.40 bits per heavy atom. The Morgan fingerprint density at radius 1 is 1.60 bits per heavy atom. The number of hydrogen-bond donors (Lipinski definition) is 0. The predicted molar refractivity (Wildman–Crippen MR) is 42.9 cm³/mol. The van der Waals surface area contributed by atoms with Gasteiger partial charge in [0, 0.05) is 5.92 Å². The third-order valence-electron chi connectivity index (χ3n) is 2.27. The Bertz CT molecular complexity index is 138. The summed E-state index contributed by atoms with van der Waals surface area (Å²) < 4.78 is 5.68. The van der Waals surface area contributed by atoms with Gasteiger partial charge in [-0.05, 0) is 27.2 Å². The van der Waals surface area contributed by atoms with Gasteiger partial charge in [-0.2, -0.15) is 0 Å². The van der Waals surface area contributed by atoms with E-state index in [9.17, 15) is 0 Å². The molecule has 0 aliphatic carbocycles. The Balaban J connectivity index is 2.67. The lowest BCUT2D eigenvalue weighted by atomic mass is 9.90. The number of rotatable bonds is 1. The Hall–Kier alpha value is -0.300. The molecule has 1 rings (SSSR count). The van der Waals surface area contributed by atoms with Crippen molar-refractivity contribution >= 4 is 0 Å². The summed E-state index contributed by atoms with van der Waals surface area (Å²) in [6.45, 7) is 10.2. The van der Waals surface area contributed by atoms with E-state index in [2.05, 4.69) is 27.4 Å². The molecule has 0 aromatic carbocycles. The third-order valence-corrected chi connectivity index (χ3v) is 2.27. The fourth-order valence-electron chi connectivity index (χ4n) is 1.68. The Kier molecular flexibility index (Phi) is 1.86. The Labute approximate surface area is 63.1 Å². The Morgan fingerprint density at radius 2 is 2.20 bits per heavy atom. The van der Waals surface area contributed by atoms with Gasteiger partial charge in [0.2, 0.25) is 0 Å². The van der Waals surface area contributed by atoms with E-state index in [1.807, 2.05) is 6.08 Å². The highest BCUT2D eigenvalue weighted by Crippen LogP contribution is 2.35. The molecule has 1 heterocycles. The maximum absolute atomic E-state index is 5.68. The molecule has 0 spiro atoms. The molecular weight excluding hydrogens is 124 g/mol. The van der Waals surface area contributed by atoms with Crippen molar-refractivity contribution in [1.82, 2.24) is 0 Å². The molecule has 1 fully saturated rings. The molecule has 0 radical (unpaired) electrons. The molecule has 0 bridgehead atoms. The lowest BCUT2D eigenvalue weighted by Gasteiger charge is -2.23. The van der Waals surface area contributed by atoms with E-state index in [0.717, 1.165) is 6.42 Å². The SMILES string of the molecule is C=CC1CC(C)OC1(C)C. The summed E-state index contributed by atoms with van der Waals surface area (Å²) in [5, 5.41) is 0. The summed E-state index contributed by atoms with van der Waals surface area (Å²) in [7, 11) is 0. The molecule has 1 saturated heterocycles.